The van der Waals surface area contributed by atoms with Crippen LogP contribution in [-0.2, 0) is 17.1 Å². The number of piperidine rings is 1. The van der Waals surface area contributed by atoms with E-state index in [1.54, 1.807) is 37.7 Å². The average Bonchev–Trinajstić information content (AvgIpc) is 2.90. The van der Waals surface area contributed by atoms with E-state index in [4.69, 9.17) is 11.6 Å². The van der Waals surface area contributed by atoms with Crippen LogP contribution in [0.5, 0.6) is 0 Å². The van der Waals surface area contributed by atoms with Crippen LogP contribution in [0.2, 0.25) is 5.02 Å². The van der Waals surface area contributed by atoms with Gasteiger partial charge in [0.1, 0.15) is 4.90 Å². The number of hydrogen-bond acceptors (Lipinski definition) is 4. The number of aryl methyl sites for hydroxylation is 2. The van der Waals surface area contributed by atoms with Crippen LogP contribution in [0, 0.1) is 25.2 Å². The Morgan fingerprint density at radius 3 is 2.26 bits per heavy atom. The van der Waals surface area contributed by atoms with Gasteiger partial charge in [-0.25, -0.2) is 8.42 Å². The summed E-state index contributed by atoms with van der Waals surface area (Å²) in [5.41, 5.74) is 3.54. The first-order valence-electron chi connectivity index (χ1n) is 8.64. The van der Waals surface area contributed by atoms with Gasteiger partial charge in [-0.05, 0) is 50.0 Å². The highest BCUT2D eigenvalue weighted by Crippen LogP contribution is 2.31. The van der Waals surface area contributed by atoms with Crippen molar-refractivity contribution in [1.29, 1.82) is 5.26 Å². The first kappa shape index (κ1) is 19.6. The van der Waals surface area contributed by atoms with Crippen molar-refractivity contribution in [3.8, 4) is 6.07 Å². The van der Waals surface area contributed by atoms with Crippen molar-refractivity contribution in [3.05, 3.63) is 51.8 Å². The Morgan fingerprint density at radius 2 is 1.78 bits per heavy atom. The Bertz CT molecular complexity index is 1040. The zero-order chi connectivity index (χ0) is 19.8. The molecular weight excluding hydrogens is 384 g/mol. The number of rotatable bonds is 3. The maximum absolute atomic E-state index is 13.1. The molecule has 2 aromatic rings. The molecule has 0 amide bonds. The molecule has 27 heavy (non-hydrogen) atoms. The van der Waals surface area contributed by atoms with E-state index in [1.807, 2.05) is 12.1 Å². The maximum Gasteiger partial charge on any atom is 0.246 e. The standard InChI is InChI=1S/C19H21ClN4O2S/c1-13-19(14(2)23(3)22-13)27(25,26)24-10-8-16(9-11-24)18(12-21)15-4-6-17(20)7-5-15/h4-7H,8-11H2,1-3H3. The lowest BCUT2D eigenvalue weighted by atomic mass is 9.95. The van der Waals surface area contributed by atoms with E-state index >= 15 is 0 Å². The number of nitrogens with zero attached hydrogens (tertiary/aromatic N) is 4. The second kappa shape index (κ2) is 7.47. The van der Waals surface area contributed by atoms with Crippen molar-refractivity contribution in [2.75, 3.05) is 13.1 Å². The fourth-order valence-electron chi connectivity index (χ4n) is 3.47. The monoisotopic (exact) mass is 404 g/mol. The summed E-state index contributed by atoms with van der Waals surface area (Å²) in [6.45, 7) is 4.17. The smallest absolute Gasteiger partial charge is 0.246 e. The lowest BCUT2D eigenvalue weighted by Crippen LogP contribution is -2.37. The summed E-state index contributed by atoms with van der Waals surface area (Å²) < 4.78 is 29.2. The number of aromatic nitrogens is 2. The first-order valence-corrected chi connectivity index (χ1v) is 10.5. The minimum absolute atomic E-state index is 0.288. The zero-order valence-corrected chi connectivity index (χ0v) is 17.1. The first-order chi connectivity index (χ1) is 12.8. The Hall–Kier alpha value is -2.14. The van der Waals surface area contributed by atoms with Gasteiger partial charge in [-0.3, -0.25) is 4.68 Å². The summed E-state index contributed by atoms with van der Waals surface area (Å²) in [4.78, 5) is 0.288. The van der Waals surface area contributed by atoms with Gasteiger partial charge in [0.05, 0.1) is 23.0 Å². The van der Waals surface area contributed by atoms with Crippen LogP contribution in [0.15, 0.2) is 34.7 Å². The van der Waals surface area contributed by atoms with Gasteiger partial charge in [0.2, 0.25) is 10.0 Å². The molecule has 0 bridgehead atoms. The summed E-state index contributed by atoms with van der Waals surface area (Å²) in [7, 11) is -1.86. The highest BCUT2D eigenvalue weighted by molar-refractivity contribution is 7.89. The van der Waals surface area contributed by atoms with Crippen LogP contribution in [0.3, 0.4) is 0 Å². The molecule has 142 valence electrons. The van der Waals surface area contributed by atoms with Gasteiger partial charge in [-0.2, -0.15) is 14.7 Å². The van der Waals surface area contributed by atoms with Gasteiger partial charge < -0.3 is 0 Å². The van der Waals surface area contributed by atoms with Crippen LogP contribution in [-0.4, -0.2) is 35.6 Å². The lowest BCUT2D eigenvalue weighted by Gasteiger charge is -2.28. The molecule has 3 rings (SSSR count). The molecule has 1 saturated heterocycles. The molecule has 1 aliphatic rings. The predicted octanol–water partition coefficient (Wildman–Crippen LogP) is 3.45. The molecular formula is C19H21ClN4O2S. The van der Waals surface area contributed by atoms with Crippen LogP contribution < -0.4 is 0 Å². The molecule has 6 nitrogen and oxygen atoms in total. The molecule has 2 heterocycles. The van der Waals surface area contributed by atoms with E-state index in [0.717, 1.165) is 11.1 Å². The van der Waals surface area contributed by atoms with Crippen molar-refractivity contribution >= 4 is 27.2 Å². The van der Waals surface area contributed by atoms with Crippen molar-refractivity contribution in [2.45, 2.75) is 31.6 Å². The molecule has 1 aromatic heterocycles. The summed E-state index contributed by atoms with van der Waals surface area (Å²) in [6, 6.07) is 9.41. The molecule has 1 aromatic carbocycles. The molecule has 0 atom stereocenters. The maximum atomic E-state index is 13.1. The number of halogens is 1. The van der Waals surface area contributed by atoms with Crippen molar-refractivity contribution < 1.29 is 8.42 Å². The third kappa shape index (κ3) is 3.65. The number of benzene rings is 1. The number of hydrogen-bond donors (Lipinski definition) is 0. The van der Waals surface area contributed by atoms with Crippen molar-refractivity contribution in [1.82, 2.24) is 14.1 Å². The normalized spacial score (nSPS) is 15.6. The van der Waals surface area contributed by atoms with Crippen LogP contribution >= 0.6 is 11.6 Å². The van der Waals surface area contributed by atoms with E-state index < -0.39 is 10.0 Å². The van der Waals surface area contributed by atoms with Crippen LogP contribution in [0.4, 0.5) is 0 Å². The van der Waals surface area contributed by atoms with Gasteiger partial charge >= 0.3 is 0 Å². The van der Waals surface area contributed by atoms with E-state index in [9.17, 15) is 13.7 Å². The van der Waals surface area contributed by atoms with Gasteiger partial charge in [0.25, 0.3) is 0 Å². The third-order valence-electron chi connectivity index (χ3n) is 4.96. The Kier molecular flexibility index (Phi) is 5.43. The van der Waals surface area contributed by atoms with Crippen LogP contribution in [0.1, 0.15) is 29.8 Å². The van der Waals surface area contributed by atoms with Gasteiger partial charge in [0.15, 0.2) is 0 Å². The topological polar surface area (TPSA) is 79.0 Å². The zero-order valence-electron chi connectivity index (χ0n) is 15.5. The second-order valence-electron chi connectivity index (χ2n) is 6.62. The molecule has 0 radical (unpaired) electrons. The average molecular weight is 405 g/mol. The molecule has 0 unspecified atom stereocenters. The van der Waals surface area contributed by atoms with E-state index in [2.05, 4.69) is 11.2 Å². The number of allylic oxidation sites excluding steroid dienone is 1. The summed E-state index contributed by atoms with van der Waals surface area (Å²) in [6.07, 6.45) is 1.06. The van der Waals surface area contributed by atoms with Crippen LogP contribution in [0.25, 0.3) is 5.57 Å². The molecule has 1 aliphatic heterocycles. The van der Waals surface area contributed by atoms with Crippen molar-refractivity contribution in [2.24, 2.45) is 7.05 Å². The molecule has 0 N–H and O–H groups in total. The molecule has 0 spiro atoms. The lowest BCUT2D eigenvalue weighted by molar-refractivity contribution is 0.387. The summed E-state index contributed by atoms with van der Waals surface area (Å²) >= 11 is 5.92. The van der Waals surface area contributed by atoms with Gasteiger partial charge in [0, 0.05) is 25.2 Å². The van der Waals surface area contributed by atoms with E-state index in [1.165, 1.54) is 4.31 Å². The molecule has 0 saturated carbocycles. The van der Waals surface area contributed by atoms with Crippen molar-refractivity contribution in [3.63, 3.8) is 0 Å². The Labute approximate surface area is 164 Å². The van der Waals surface area contributed by atoms with Gasteiger partial charge in [-0.1, -0.05) is 23.7 Å². The van der Waals surface area contributed by atoms with Gasteiger partial charge in [-0.15, -0.1) is 0 Å². The van der Waals surface area contributed by atoms with E-state index in [0.29, 0.717) is 47.9 Å². The highest BCUT2D eigenvalue weighted by atomic mass is 35.5. The highest BCUT2D eigenvalue weighted by Gasteiger charge is 2.32. The summed E-state index contributed by atoms with van der Waals surface area (Å²) in [5, 5.41) is 14.4. The summed E-state index contributed by atoms with van der Waals surface area (Å²) in [5.74, 6) is 0. The van der Waals surface area contributed by atoms with E-state index in [-0.39, 0.29) is 4.90 Å². The fraction of sp³-hybridized carbons (Fsp3) is 0.368. The molecule has 8 heteroatoms. The quantitative estimate of drug-likeness (QED) is 0.734. The molecule has 0 aliphatic carbocycles. The fourth-order valence-corrected chi connectivity index (χ4v) is 5.43. The minimum atomic E-state index is -3.60. The minimum Gasteiger partial charge on any atom is -0.271 e. The largest absolute Gasteiger partial charge is 0.271 e. The predicted molar refractivity (Wildman–Crippen MR) is 105 cm³/mol. The SMILES string of the molecule is Cc1nn(C)c(C)c1S(=O)(=O)N1CCC(=C(C#N)c2ccc(Cl)cc2)CC1. The Balaban J connectivity index is 1.86. The molecule has 1 fully saturated rings. The number of sulfonamides is 1. The number of nitriles is 1. The second-order valence-corrected chi connectivity index (χ2v) is 8.94. The third-order valence-corrected chi connectivity index (χ3v) is 7.37. The Morgan fingerprint density at radius 1 is 1.19 bits per heavy atom.